The van der Waals surface area contributed by atoms with Crippen molar-refractivity contribution in [2.24, 2.45) is 0 Å². The largest absolute Gasteiger partial charge is 0.272 e. The first-order valence-corrected chi connectivity index (χ1v) is 7.93. The molecule has 0 radical (unpaired) electrons. The average molecular weight is 332 g/mol. The van der Waals surface area contributed by atoms with Gasteiger partial charge in [0.1, 0.15) is 0 Å². The fourth-order valence-electron chi connectivity index (χ4n) is 2.01. The second-order valence-electron chi connectivity index (χ2n) is 4.40. The number of hydrogen-bond donors (Lipinski definition) is 2. The number of hydrazine groups is 1. The summed E-state index contributed by atoms with van der Waals surface area (Å²) in [6.45, 7) is 0. The lowest BCUT2D eigenvalue weighted by Crippen LogP contribution is -2.51. The first kappa shape index (κ1) is 16.5. The quantitative estimate of drug-likeness (QED) is 0.668. The van der Waals surface area contributed by atoms with Crippen LogP contribution in [0.2, 0.25) is 0 Å². The molecule has 0 saturated carbocycles. The van der Waals surface area contributed by atoms with E-state index in [0.717, 1.165) is 0 Å². The van der Waals surface area contributed by atoms with Gasteiger partial charge in [0.15, 0.2) is 0 Å². The average Bonchev–Trinajstić information content (AvgIpc) is 2.59. The standard InChI is InChI=1S/C16H16N2O2S2/c19-15(11-21)17(13-7-3-1-4-8-13)18(16(20)12-22)14-9-5-2-6-10-14/h1-10,21-22H,11-12H2. The maximum absolute atomic E-state index is 12.4. The first-order chi connectivity index (χ1) is 10.7. The molecular formula is C16H16N2O2S2. The van der Waals surface area contributed by atoms with Crippen LogP contribution in [0.15, 0.2) is 60.7 Å². The Labute approximate surface area is 140 Å². The number of carbonyl (C=O) groups excluding carboxylic acids is 2. The molecule has 0 spiro atoms. The van der Waals surface area contributed by atoms with Crippen LogP contribution in [0.5, 0.6) is 0 Å². The summed E-state index contributed by atoms with van der Waals surface area (Å²) in [6, 6.07) is 18.0. The zero-order valence-electron chi connectivity index (χ0n) is 11.8. The zero-order valence-corrected chi connectivity index (χ0v) is 13.6. The van der Waals surface area contributed by atoms with Crippen LogP contribution in [0.25, 0.3) is 0 Å². The van der Waals surface area contributed by atoms with E-state index in [9.17, 15) is 9.59 Å². The summed E-state index contributed by atoms with van der Waals surface area (Å²) >= 11 is 8.12. The Hall–Kier alpha value is -1.92. The molecule has 0 aliphatic heterocycles. The molecule has 0 saturated heterocycles. The van der Waals surface area contributed by atoms with Crippen LogP contribution in [0, 0.1) is 0 Å². The highest BCUT2D eigenvalue weighted by Crippen LogP contribution is 2.23. The highest BCUT2D eigenvalue weighted by Gasteiger charge is 2.27. The lowest BCUT2D eigenvalue weighted by Gasteiger charge is -2.34. The van der Waals surface area contributed by atoms with E-state index in [2.05, 4.69) is 25.3 Å². The Morgan fingerprint density at radius 2 is 1.00 bits per heavy atom. The normalized spacial score (nSPS) is 10.1. The van der Waals surface area contributed by atoms with Gasteiger partial charge < -0.3 is 0 Å². The van der Waals surface area contributed by atoms with E-state index in [1.165, 1.54) is 10.0 Å². The lowest BCUT2D eigenvalue weighted by molar-refractivity contribution is -0.121. The number of anilines is 2. The predicted molar refractivity (Wildman–Crippen MR) is 95.6 cm³/mol. The van der Waals surface area contributed by atoms with E-state index in [0.29, 0.717) is 11.4 Å². The molecule has 4 nitrogen and oxygen atoms in total. The van der Waals surface area contributed by atoms with Crippen LogP contribution < -0.4 is 10.0 Å². The monoisotopic (exact) mass is 332 g/mol. The molecule has 0 aliphatic rings. The van der Waals surface area contributed by atoms with Gasteiger partial charge in [-0.3, -0.25) is 9.59 Å². The van der Waals surface area contributed by atoms with Crippen LogP contribution in [0.4, 0.5) is 11.4 Å². The van der Waals surface area contributed by atoms with Gasteiger partial charge in [-0.2, -0.15) is 25.3 Å². The highest BCUT2D eigenvalue weighted by atomic mass is 32.1. The van der Waals surface area contributed by atoms with E-state index in [1.54, 1.807) is 24.3 Å². The SMILES string of the molecule is O=C(CS)N(c1ccccc1)N(C(=O)CS)c1ccccc1. The molecule has 114 valence electrons. The maximum atomic E-state index is 12.4. The van der Waals surface area contributed by atoms with Crippen molar-refractivity contribution in [2.75, 3.05) is 21.5 Å². The van der Waals surface area contributed by atoms with Crippen LogP contribution in [-0.4, -0.2) is 23.3 Å². The number of benzene rings is 2. The van der Waals surface area contributed by atoms with Crippen molar-refractivity contribution in [3.05, 3.63) is 60.7 Å². The fourth-order valence-corrected chi connectivity index (χ4v) is 2.28. The zero-order chi connectivity index (χ0) is 15.9. The number of rotatable bonds is 4. The molecule has 0 aromatic heterocycles. The Morgan fingerprint density at radius 1 is 0.682 bits per heavy atom. The highest BCUT2D eigenvalue weighted by molar-refractivity contribution is 7.81. The molecule has 0 unspecified atom stereocenters. The summed E-state index contributed by atoms with van der Waals surface area (Å²) < 4.78 is 0. The Balaban J connectivity index is 2.54. The summed E-state index contributed by atoms with van der Waals surface area (Å²) in [5.74, 6) is -0.627. The third kappa shape index (κ3) is 3.64. The number of thiol groups is 2. The van der Waals surface area contributed by atoms with E-state index < -0.39 is 0 Å². The molecular weight excluding hydrogens is 316 g/mol. The minimum absolute atomic E-state index is 0.0158. The van der Waals surface area contributed by atoms with Crippen LogP contribution in [0.3, 0.4) is 0 Å². The molecule has 0 N–H and O–H groups in total. The molecule has 2 aromatic rings. The molecule has 0 fully saturated rings. The smallest absolute Gasteiger partial charge is 0.255 e. The molecule has 0 heterocycles. The van der Waals surface area contributed by atoms with E-state index in [4.69, 9.17) is 0 Å². The van der Waals surface area contributed by atoms with Crippen molar-refractivity contribution in [1.82, 2.24) is 0 Å². The number of nitrogens with zero attached hydrogens (tertiary/aromatic N) is 2. The summed E-state index contributed by atoms with van der Waals surface area (Å²) in [6.07, 6.45) is 0. The summed E-state index contributed by atoms with van der Waals surface area (Å²) in [7, 11) is 0. The Bertz CT molecular complexity index is 578. The molecule has 0 atom stereocenters. The van der Waals surface area contributed by atoms with Gasteiger partial charge in [-0.1, -0.05) is 36.4 Å². The minimum Gasteiger partial charge on any atom is -0.272 e. The van der Waals surface area contributed by atoms with Gasteiger partial charge in [0, 0.05) is 0 Å². The van der Waals surface area contributed by atoms with E-state index in [-0.39, 0.29) is 23.3 Å². The van der Waals surface area contributed by atoms with Gasteiger partial charge in [0.2, 0.25) is 0 Å². The Kier molecular flexibility index (Phi) is 5.91. The number of para-hydroxylation sites is 2. The summed E-state index contributed by atoms with van der Waals surface area (Å²) in [5.41, 5.74) is 1.20. The van der Waals surface area contributed by atoms with Crippen LogP contribution in [-0.2, 0) is 9.59 Å². The van der Waals surface area contributed by atoms with Gasteiger partial charge in [-0.05, 0) is 24.3 Å². The van der Waals surface area contributed by atoms with E-state index in [1.807, 2.05) is 36.4 Å². The van der Waals surface area contributed by atoms with Crippen molar-refractivity contribution in [1.29, 1.82) is 0 Å². The van der Waals surface area contributed by atoms with Crippen molar-refractivity contribution < 1.29 is 9.59 Å². The second kappa shape index (κ2) is 7.91. The van der Waals surface area contributed by atoms with Crippen LogP contribution >= 0.6 is 25.3 Å². The minimum atomic E-state index is -0.298. The molecule has 22 heavy (non-hydrogen) atoms. The molecule has 2 rings (SSSR count). The molecule has 0 bridgehead atoms. The van der Waals surface area contributed by atoms with Crippen LogP contribution in [0.1, 0.15) is 0 Å². The second-order valence-corrected chi connectivity index (χ2v) is 5.03. The summed E-state index contributed by atoms with van der Waals surface area (Å²) in [5, 5.41) is 2.67. The van der Waals surface area contributed by atoms with Crippen molar-refractivity contribution >= 4 is 48.4 Å². The fraction of sp³-hybridized carbons (Fsp3) is 0.125. The number of carbonyl (C=O) groups is 2. The lowest BCUT2D eigenvalue weighted by atomic mass is 10.3. The van der Waals surface area contributed by atoms with Gasteiger partial charge in [-0.25, -0.2) is 10.0 Å². The molecule has 2 amide bonds. The third-order valence-electron chi connectivity index (χ3n) is 2.94. The molecule has 2 aromatic carbocycles. The maximum Gasteiger partial charge on any atom is 0.255 e. The van der Waals surface area contributed by atoms with Gasteiger partial charge >= 0.3 is 0 Å². The third-order valence-corrected chi connectivity index (χ3v) is 3.49. The first-order valence-electron chi connectivity index (χ1n) is 6.66. The van der Waals surface area contributed by atoms with Gasteiger partial charge in [0.05, 0.1) is 22.9 Å². The molecule has 0 aliphatic carbocycles. The van der Waals surface area contributed by atoms with Crippen molar-refractivity contribution in [2.45, 2.75) is 0 Å². The van der Waals surface area contributed by atoms with Crippen molar-refractivity contribution in [3.8, 4) is 0 Å². The predicted octanol–water partition coefficient (Wildman–Crippen LogP) is 2.83. The van der Waals surface area contributed by atoms with E-state index >= 15 is 0 Å². The topological polar surface area (TPSA) is 40.6 Å². The molecule has 6 heteroatoms. The van der Waals surface area contributed by atoms with Crippen molar-refractivity contribution in [3.63, 3.8) is 0 Å². The summed E-state index contributed by atoms with van der Waals surface area (Å²) in [4.78, 5) is 24.8. The Morgan fingerprint density at radius 3 is 1.27 bits per heavy atom. The van der Waals surface area contributed by atoms with Gasteiger partial charge in [-0.15, -0.1) is 0 Å². The van der Waals surface area contributed by atoms with Gasteiger partial charge in [0.25, 0.3) is 11.8 Å². The number of hydrogen-bond acceptors (Lipinski definition) is 4. The number of amides is 2.